The predicted octanol–water partition coefficient (Wildman–Crippen LogP) is 1.86. The van der Waals surface area contributed by atoms with Gasteiger partial charge in [-0.05, 0) is 25.7 Å². The predicted molar refractivity (Wildman–Crippen MR) is 53.5 cm³/mol. The molecule has 0 saturated carbocycles. The van der Waals surface area contributed by atoms with Gasteiger partial charge in [-0.1, -0.05) is 20.3 Å². The topological polar surface area (TPSA) is 63.3 Å². The molecule has 3 nitrogen and oxygen atoms in total. The fourth-order valence-corrected chi connectivity index (χ4v) is 1.67. The van der Waals surface area contributed by atoms with Crippen molar-refractivity contribution in [3.05, 3.63) is 0 Å². The average molecular weight is 187 g/mol. The van der Waals surface area contributed by atoms with Gasteiger partial charge in [-0.15, -0.1) is 0 Å². The molecule has 0 fully saturated rings. The summed E-state index contributed by atoms with van der Waals surface area (Å²) in [7, 11) is 0. The van der Waals surface area contributed by atoms with Crippen LogP contribution >= 0.6 is 0 Å². The van der Waals surface area contributed by atoms with E-state index in [0.29, 0.717) is 5.92 Å². The third-order valence-corrected chi connectivity index (χ3v) is 2.68. The van der Waals surface area contributed by atoms with Gasteiger partial charge in [0.25, 0.3) is 0 Å². The zero-order chi connectivity index (χ0) is 10.6. The lowest BCUT2D eigenvalue weighted by Gasteiger charge is -2.33. The number of rotatable bonds is 5. The molecule has 0 aliphatic heterocycles. The zero-order valence-electron chi connectivity index (χ0n) is 9.00. The Hall–Kier alpha value is -0.570. The number of carboxylic acids is 1. The maximum Gasteiger partial charge on any atom is 0.303 e. The molecule has 0 spiro atoms. The van der Waals surface area contributed by atoms with E-state index in [2.05, 4.69) is 13.8 Å². The highest BCUT2D eigenvalue weighted by Gasteiger charge is 2.31. The molecule has 0 aromatic rings. The van der Waals surface area contributed by atoms with E-state index in [0.717, 1.165) is 6.42 Å². The van der Waals surface area contributed by atoms with Crippen LogP contribution in [0.3, 0.4) is 0 Å². The van der Waals surface area contributed by atoms with Crippen LogP contribution < -0.4 is 5.73 Å². The third-order valence-electron chi connectivity index (χ3n) is 2.68. The van der Waals surface area contributed by atoms with Crippen molar-refractivity contribution in [3.63, 3.8) is 0 Å². The summed E-state index contributed by atoms with van der Waals surface area (Å²) in [5, 5.41) is 8.74. The quantitative estimate of drug-likeness (QED) is 0.690. The first kappa shape index (κ1) is 12.4. The highest BCUT2D eigenvalue weighted by molar-refractivity contribution is 5.67. The first-order chi connectivity index (χ1) is 5.79. The Morgan fingerprint density at radius 1 is 1.54 bits per heavy atom. The smallest absolute Gasteiger partial charge is 0.303 e. The van der Waals surface area contributed by atoms with Gasteiger partial charge in [-0.25, -0.2) is 0 Å². The fourth-order valence-electron chi connectivity index (χ4n) is 1.67. The molecule has 0 saturated heterocycles. The molecule has 0 radical (unpaired) electrons. The van der Waals surface area contributed by atoms with Crippen molar-refractivity contribution < 1.29 is 9.90 Å². The lowest BCUT2D eigenvalue weighted by atomic mass is 9.76. The van der Waals surface area contributed by atoms with Crippen molar-refractivity contribution in [3.8, 4) is 0 Å². The van der Waals surface area contributed by atoms with Gasteiger partial charge >= 0.3 is 5.97 Å². The molecule has 2 atom stereocenters. The Bertz CT molecular complexity index is 172. The summed E-state index contributed by atoms with van der Waals surface area (Å²) in [6.07, 6.45) is 1.14. The van der Waals surface area contributed by atoms with E-state index < -0.39 is 11.5 Å². The van der Waals surface area contributed by atoms with E-state index in [9.17, 15) is 4.79 Å². The van der Waals surface area contributed by atoms with Gasteiger partial charge in [0, 0.05) is 5.54 Å². The van der Waals surface area contributed by atoms with E-state index in [1.807, 2.05) is 13.8 Å². The molecule has 0 aromatic carbocycles. The standard InChI is InChI=1S/C10H21NO2/c1-5-7(2)8(6-9(12)13)10(3,4)11/h7-8H,5-6,11H2,1-4H3,(H,12,13). The first-order valence-corrected chi connectivity index (χ1v) is 4.79. The lowest BCUT2D eigenvalue weighted by molar-refractivity contribution is -0.139. The monoisotopic (exact) mass is 187 g/mol. The molecule has 0 amide bonds. The second-order valence-corrected chi connectivity index (χ2v) is 4.41. The summed E-state index contributed by atoms with van der Waals surface area (Å²) in [6, 6.07) is 0. The van der Waals surface area contributed by atoms with Gasteiger partial charge in [0.15, 0.2) is 0 Å². The van der Waals surface area contributed by atoms with Crippen LogP contribution in [0.4, 0.5) is 0 Å². The van der Waals surface area contributed by atoms with Crippen molar-refractivity contribution in [2.75, 3.05) is 0 Å². The molecule has 0 heterocycles. The van der Waals surface area contributed by atoms with E-state index in [1.165, 1.54) is 0 Å². The molecule has 13 heavy (non-hydrogen) atoms. The Morgan fingerprint density at radius 2 is 2.00 bits per heavy atom. The SMILES string of the molecule is CCC(C)C(CC(=O)O)C(C)(C)N. The van der Waals surface area contributed by atoms with E-state index in [4.69, 9.17) is 10.8 Å². The number of hydrogen-bond donors (Lipinski definition) is 2. The minimum Gasteiger partial charge on any atom is -0.481 e. The van der Waals surface area contributed by atoms with Gasteiger partial charge < -0.3 is 10.8 Å². The van der Waals surface area contributed by atoms with Gasteiger partial charge in [0.05, 0.1) is 6.42 Å². The molecule has 3 heteroatoms. The Balaban J connectivity index is 4.46. The molecule has 0 bridgehead atoms. The summed E-state index contributed by atoms with van der Waals surface area (Å²) < 4.78 is 0. The van der Waals surface area contributed by atoms with Crippen LogP contribution in [0.5, 0.6) is 0 Å². The van der Waals surface area contributed by atoms with Gasteiger partial charge in [-0.2, -0.15) is 0 Å². The molecule has 3 N–H and O–H groups in total. The minimum atomic E-state index is -0.760. The summed E-state index contributed by atoms with van der Waals surface area (Å²) >= 11 is 0. The van der Waals surface area contributed by atoms with E-state index in [-0.39, 0.29) is 12.3 Å². The zero-order valence-corrected chi connectivity index (χ0v) is 9.00. The second kappa shape index (κ2) is 4.61. The highest BCUT2D eigenvalue weighted by Crippen LogP contribution is 2.28. The number of aliphatic carboxylic acids is 1. The van der Waals surface area contributed by atoms with E-state index >= 15 is 0 Å². The van der Waals surface area contributed by atoms with Gasteiger partial charge in [0.1, 0.15) is 0 Å². The first-order valence-electron chi connectivity index (χ1n) is 4.79. The molecular formula is C10H21NO2. The number of carbonyl (C=O) groups is 1. The lowest BCUT2D eigenvalue weighted by Crippen LogP contribution is -2.44. The number of hydrogen-bond acceptors (Lipinski definition) is 2. The maximum atomic E-state index is 10.6. The molecule has 0 aliphatic carbocycles. The number of carboxylic acid groups (broad SMARTS) is 1. The normalized spacial score (nSPS) is 16.7. The largest absolute Gasteiger partial charge is 0.481 e. The van der Waals surface area contributed by atoms with Gasteiger partial charge in [-0.3, -0.25) is 4.79 Å². The van der Waals surface area contributed by atoms with Crippen molar-refractivity contribution in [2.24, 2.45) is 17.6 Å². The molecule has 0 aliphatic rings. The molecule has 0 rings (SSSR count). The van der Waals surface area contributed by atoms with Gasteiger partial charge in [0.2, 0.25) is 0 Å². The summed E-state index contributed by atoms with van der Waals surface area (Å²) in [6.45, 7) is 7.91. The van der Waals surface area contributed by atoms with Crippen LogP contribution in [0.2, 0.25) is 0 Å². The Labute approximate surface area is 80.3 Å². The molecular weight excluding hydrogens is 166 g/mol. The van der Waals surface area contributed by atoms with Crippen LogP contribution in [-0.4, -0.2) is 16.6 Å². The van der Waals surface area contributed by atoms with Crippen LogP contribution in [0.1, 0.15) is 40.5 Å². The van der Waals surface area contributed by atoms with Crippen molar-refractivity contribution in [2.45, 2.75) is 46.1 Å². The van der Waals surface area contributed by atoms with Crippen LogP contribution in [0, 0.1) is 11.8 Å². The van der Waals surface area contributed by atoms with E-state index in [1.54, 1.807) is 0 Å². The number of nitrogens with two attached hydrogens (primary N) is 1. The minimum absolute atomic E-state index is 0.0509. The Morgan fingerprint density at radius 3 is 2.23 bits per heavy atom. The molecule has 2 unspecified atom stereocenters. The highest BCUT2D eigenvalue weighted by atomic mass is 16.4. The Kier molecular flexibility index (Phi) is 4.40. The van der Waals surface area contributed by atoms with Crippen molar-refractivity contribution in [1.29, 1.82) is 0 Å². The van der Waals surface area contributed by atoms with Crippen LogP contribution in [0.25, 0.3) is 0 Å². The molecule has 78 valence electrons. The molecule has 0 aromatic heterocycles. The average Bonchev–Trinajstić information content (AvgIpc) is 1.96. The van der Waals surface area contributed by atoms with Crippen LogP contribution in [0.15, 0.2) is 0 Å². The van der Waals surface area contributed by atoms with Crippen molar-refractivity contribution >= 4 is 5.97 Å². The maximum absolute atomic E-state index is 10.6. The summed E-state index contributed by atoms with van der Waals surface area (Å²) in [5.41, 5.74) is 5.53. The summed E-state index contributed by atoms with van der Waals surface area (Å²) in [5.74, 6) is -0.352. The third kappa shape index (κ3) is 4.27. The fraction of sp³-hybridized carbons (Fsp3) is 0.900. The second-order valence-electron chi connectivity index (χ2n) is 4.41. The van der Waals surface area contributed by atoms with Crippen molar-refractivity contribution in [1.82, 2.24) is 0 Å². The summed E-state index contributed by atoms with van der Waals surface area (Å²) in [4.78, 5) is 10.6. The van der Waals surface area contributed by atoms with Crippen LogP contribution in [-0.2, 0) is 4.79 Å².